The van der Waals surface area contributed by atoms with Gasteiger partial charge in [-0.2, -0.15) is 5.10 Å². The van der Waals surface area contributed by atoms with Gasteiger partial charge in [0.05, 0.1) is 12.2 Å². The van der Waals surface area contributed by atoms with Crippen LogP contribution in [-0.4, -0.2) is 35.3 Å². The molecule has 1 unspecified atom stereocenters. The number of nitrogens with two attached hydrogens (primary N) is 1. The molecule has 9 nitrogen and oxygen atoms in total. The number of benzene rings is 1. The molecule has 2 heterocycles. The fraction of sp³-hybridized carbons (Fsp3) is 0.222. The van der Waals surface area contributed by atoms with E-state index in [-0.39, 0.29) is 28.6 Å². The average Bonchev–Trinajstić information content (AvgIpc) is 3.26. The number of carbonyl (C=O) groups is 1. The molecular formula is C18H19F2N5O4S. The number of thiol groups is 1. The number of aryl methyl sites for hydroxylation is 2. The van der Waals surface area contributed by atoms with E-state index in [9.17, 15) is 22.0 Å². The van der Waals surface area contributed by atoms with Crippen LogP contribution in [0.4, 0.5) is 14.5 Å². The molecule has 3 N–H and O–H groups in total. The van der Waals surface area contributed by atoms with Crippen LogP contribution in [-0.2, 0) is 24.8 Å². The molecule has 0 bridgehead atoms. The Bertz CT molecular complexity index is 1160. The van der Waals surface area contributed by atoms with Crippen molar-refractivity contribution in [3.05, 3.63) is 59.7 Å². The summed E-state index contributed by atoms with van der Waals surface area (Å²) in [7, 11) is 0.0933. The molecule has 0 spiro atoms. The van der Waals surface area contributed by atoms with Gasteiger partial charge in [-0.3, -0.25) is 9.48 Å². The van der Waals surface area contributed by atoms with Crippen LogP contribution < -0.4 is 15.8 Å². The standard InChI is InChI=1S/C18H19F2N5O4S/c1-24-8-15(30(27)28)17(29-9-14(21)10-6-22-25(2)7-10)16(24)18(26)23-11-3-4-12(19)13(20)5-11/h3-8,14,30H,9,21H2,1-2H3,(H,23,26). The predicted octanol–water partition coefficient (Wildman–Crippen LogP) is 1.34. The number of hydrogen-bond acceptors (Lipinski definition) is 6. The lowest BCUT2D eigenvalue weighted by Gasteiger charge is -2.14. The summed E-state index contributed by atoms with van der Waals surface area (Å²) >= 11 is 0. The summed E-state index contributed by atoms with van der Waals surface area (Å²) in [5.74, 6) is -3.16. The fourth-order valence-corrected chi connectivity index (χ4v) is 3.39. The van der Waals surface area contributed by atoms with Crippen LogP contribution in [0.25, 0.3) is 0 Å². The molecule has 0 aliphatic heterocycles. The normalized spacial score (nSPS) is 12.2. The Kier molecular flexibility index (Phi) is 6.17. The highest BCUT2D eigenvalue weighted by Crippen LogP contribution is 2.29. The number of nitrogens with zero attached hydrogens (tertiary/aromatic N) is 3. The van der Waals surface area contributed by atoms with Gasteiger partial charge in [0.2, 0.25) is 0 Å². The number of ether oxygens (including phenoxy) is 1. The number of amides is 1. The number of halogens is 2. The monoisotopic (exact) mass is 439 g/mol. The van der Waals surface area contributed by atoms with Crippen LogP contribution in [0.2, 0.25) is 0 Å². The largest absolute Gasteiger partial charge is 0.488 e. The molecule has 30 heavy (non-hydrogen) atoms. The summed E-state index contributed by atoms with van der Waals surface area (Å²) < 4.78 is 58.2. The van der Waals surface area contributed by atoms with E-state index < -0.39 is 34.3 Å². The molecule has 12 heteroatoms. The van der Waals surface area contributed by atoms with Crippen molar-refractivity contribution in [2.75, 3.05) is 11.9 Å². The topological polar surface area (TPSA) is 121 Å². The molecular weight excluding hydrogens is 420 g/mol. The number of hydrogen-bond donors (Lipinski definition) is 3. The Balaban J connectivity index is 1.88. The third-order valence-electron chi connectivity index (χ3n) is 4.27. The first-order valence-electron chi connectivity index (χ1n) is 8.64. The van der Waals surface area contributed by atoms with Gasteiger partial charge in [0, 0.05) is 43.8 Å². The van der Waals surface area contributed by atoms with Gasteiger partial charge in [0.15, 0.2) is 33.8 Å². The first kappa shape index (κ1) is 21.5. The molecule has 0 fully saturated rings. The maximum absolute atomic E-state index is 13.4. The van der Waals surface area contributed by atoms with Gasteiger partial charge in [-0.25, -0.2) is 17.2 Å². The van der Waals surface area contributed by atoms with Crippen molar-refractivity contribution in [2.24, 2.45) is 19.8 Å². The smallest absolute Gasteiger partial charge is 0.276 e. The second-order valence-electron chi connectivity index (χ2n) is 6.51. The first-order chi connectivity index (χ1) is 14.2. The van der Waals surface area contributed by atoms with Crippen LogP contribution >= 0.6 is 0 Å². The number of aromatic nitrogens is 3. The lowest BCUT2D eigenvalue weighted by atomic mass is 10.2. The zero-order valence-electron chi connectivity index (χ0n) is 16.0. The van der Waals surface area contributed by atoms with Crippen LogP contribution in [0, 0.1) is 11.6 Å². The maximum Gasteiger partial charge on any atom is 0.276 e. The molecule has 0 aliphatic rings. The van der Waals surface area contributed by atoms with Crippen molar-refractivity contribution in [3.8, 4) is 5.75 Å². The SMILES string of the molecule is Cn1cc(C(N)COc2c([SH](=O)=O)cn(C)c2C(=O)Nc2ccc(F)c(F)c2)cn1. The highest BCUT2D eigenvalue weighted by Gasteiger charge is 2.25. The minimum absolute atomic E-state index is 0.00817. The lowest BCUT2D eigenvalue weighted by Crippen LogP contribution is -2.21. The zero-order chi connectivity index (χ0) is 22.0. The van der Waals surface area contributed by atoms with E-state index in [0.717, 1.165) is 12.1 Å². The number of anilines is 1. The second-order valence-corrected chi connectivity index (χ2v) is 7.50. The molecule has 3 aromatic rings. The Morgan fingerprint density at radius 2 is 2.00 bits per heavy atom. The number of rotatable bonds is 7. The third-order valence-corrected chi connectivity index (χ3v) is 4.98. The third kappa shape index (κ3) is 4.49. The molecule has 2 aromatic heterocycles. The number of carbonyl (C=O) groups excluding carboxylic acids is 1. The zero-order valence-corrected chi connectivity index (χ0v) is 16.9. The molecule has 160 valence electrons. The average molecular weight is 439 g/mol. The van der Waals surface area contributed by atoms with Crippen LogP contribution in [0.3, 0.4) is 0 Å². The van der Waals surface area contributed by atoms with Crippen molar-refractivity contribution < 1.29 is 26.7 Å². The molecule has 3 rings (SSSR count). The highest BCUT2D eigenvalue weighted by atomic mass is 32.2. The van der Waals surface area contributed by atoms with Crippen molar-refractivity contribution in [3.63, 3.8) is 0 Å². The van der Waals surface area contributed by atoms with Crippen LogP contribution in [0.15, 0.2) is 41.7 Å². The maximum atomic E-state index is 13.4. The van der Waals surface area contributed by atoms with Crippen molar-refractivity contribution in [1.29, 1.82) is 0 Å². The molecule has 0 saturated heterocycles. The van der Waals surface area contributed by atoms with Gasteiger partial charge in [0.25, 0.3) is 5.91 Å². The van der Waals surface area contributed by atoms with Gasteiger partial charge < -0.3 is 20.4 Å². The van der Waals surface area contributed by atoms with Crippen LogP contribution in [0.5, 0.6) is 5.75 Å². The molecule has 0 saturated carbocycles. The van der Waals surface area contributed by atoms with E-state index in [1.807, 2.05) is 0 Å². The Hall–Kier alpha value is -3.25. The first-order valence-corrected chi connectivity index (χ1v) is 9.82. The highest BCUT2D eigenvalue weighted by molar-refractivity contribution is 7.72. The van der Waals surface area contributed by atoms with Gasteiger partial charge in [-0.15, -0.1) is 0 Å². The van der Waals surface area contributed by atoms with Crippen LogP contribution in [0.1, 0.15) is 22.1 Å². The summed E-state index contributed by atoms with van der Waals surface area (Å²) in [4.78, 5) is 12.5. The Morgan fingerprint density at radius 1 is 1.27 bits per heavy atom. The van der Waals surface area contributed by atoms with Crippen molar-refractivity contribution in [2.45, 2.75) is 10.9 Å². The van der Waals surface area contributed by atoms with Gasteiger partial charge in [-0.05, 0) is 12.1 Å². The minimum atomic E-state index is -3.08. The van der Waals surface area contributed by atoms with E-state index in [0.29, 0.717) is 5.56 Å². The van der Waals surface area contributed by atoms with Gasteiger partial charge >= 0.3 is 0 Å². The number of nitrogens with one attached hydrogen (secondary N) is 1. The Labute approximate surface area is 172 Å². The van der Waals surface area contributed by atoms with Crippen molar-refractivity contribution >= 4 is 22.3 Å². The second kappa shape index (κ2) is 8.63. The Morgan fingerprint density at radius 3 is 2.60 bits per heavy atom. The minimum Gasteiger partial charge on any atom is -0.488 e. The molecule has 0 radical (unpaired) electrons. The van der Waals surface area contributed by atoms with E-state index in [2.05, 4.69) is 10.4 Å². The fourth-order valence-electron chi connectivity index (χ4n) is 2.79. The molecule has 1 amide bonds. The van der Waals surface area contributed by atoms with E-state index in [4.69, 9.17) is 10.5 Å². The van der Waals surface area contributed by atoms with Crippen molar-refractivity contribution in [1.82, 2.24) is 14.3 Å². The van der Waals surface area contributed by atoms with E-state index >= 15 is 0 Å². The quantitative estimate of drug-likeness (QED) is 0.478. The summed E-state index contributed by atoms with van der Waals surface area (Å²) in [6.45, 7) is -0.128. The summed E-state index contributed by atoms with van der Waals surface area (Å²) in [6, 6.07) is 2.22. The van der Waals surface area contributed by atoms with Gasteiger partial charge in [-0.1, -0.05) is 0 Å². The van der Waals surface area contributed by atoms with Gasteiger partial charge in [0.1, 0.15) is 11.5 Å². The summed E-state index contributed by atoms with van der Waals surface area (Å²) in [6.07, 6.45) is 4.45. The predicted molar refractivity (Wildman–Crippen MR) is 104 cm³/mol. The summed E-state index contributed by atoms with van der Waals surface area (Å²) in [5.41, 5.74) is 6.59. The molecule has 1 atom stereocenters. The summed E-state index contributed by atoms with van der Waals surface area (Å²) in [5, 5.41) is 6.40. The van der Waals surface area contributed by atoms with E-state index in [1.165, 1.54) is 23.9 Å². The lowest BCUT2D eigenvalue weighted by molar-refractivity contribution is 0.101. The molecule has 1 aromatic carbocycles. The molecule has 0 aliphatic carbocycles. The van der Waals surface area contributed by atoms with E-state index in [1.54, 1.807) is 24.1 Å².